The Kier molecular flexibility index (Phi) is 5.78. The van der Waals surface area contributed by atoms with Crippen molar-refractivity contribution in [3.63, 3.8) is 0 Å². The van der Waals surface area contributed by atoms with E-state index >= 15 is 0 Å². The van der Waals surface area contributed by atoms with Gasteiger partial charge in [-0.1, -0.05) is 49.4 Å². The number of nitrogens with one attached hydrogen (secondary N) is 2. The Morgan fingerprint density at radius 1 is 0.825 bits per heavy atom. The number of hydrogen-bond acceptors (Lipinski definition) is 3. The molecule has 7 aromatic rings. The van der Waals surface area contributed by atoms with Crippen molar-refractivity contribution in [1.29, 1.82) is 0 Å². The van der Waals surface area contributed by atoms with E-state index in [4.69, 9.17) is 9.15 Å². The molecule has 3 heterocycles. The molecule has 0 aliphatic carbocycles. The van der Waals surface area contributed by atoms with Crippen molar-refractivity contribution < 1.29 is 13.9 Å². The van der Waals surface area contributed by atoms with Crippen LogP contribution in [0.25, 0.3) is 32.8 Å². The molecule has 0 spiro atoms. The smallest absolute Gasteiger partial charge is 0.228 e. The highest BCUT2D eigenvalue weighted by Gasteiger charge is 2.25. The zero-order valence-corrected chi connectivity index (χ0v) is 22.3. The van der Waals surface area contributed by atoms with Crippen molar-refractivity contribution in [2.45, 2.75) is 19.3 Å². The van der Waals surface area contributed by atoms with Crippen LogP contribution in [0, 0.1) is 0 Å². The van der Waals surface area contributed by atoms with Gasteiger partial charge in [-0.05, 0) is 77.2 Å². The van der Waals surface area contributed by atoms with Crippen LogP contribution in [-0.2, 0) is 6.42 Å². The Morgan fingerprint density at radius 2 is 1.45 bits per heavy atom. The van der Waals surface area contributed by atoms with Crippen LogP contribution in [0.5, 0.6) is 5.75 Å². The van der Waals surface area contributed by atoms with E-state index in [0.717, 1.165) is 39.6 Å². The molecule has 0 unspecified atom stereocenters. The second-order valence-corrected chi connectivity index (χ2v) is 10.1. The van der Waals surface area contributed by atoms with Gasteiger partial charge >= 0.3 is 0 Å². The van der Waals surface area contributed by atoms with E-state index in [2.05, 4.69) is 89.9 Å². The zero-order valence-electron chi connectivity index (χ0n) is 22.3. The van der Waals surface area contributed by atoms with Crippen LogP contribution in [0.1, 0.15) is 51.2 Å². The minimum absolute atomic E-state index is 0.0300. The number of aromatic nitrogens is 2. The number of benzene rings is 4. The number of aromatic amines is 2. The highest BCUT2D eigenvalue weighted by molar-refractivity contribution is 6.09. The molecule has 0 saturated heterocycles. The molecule has 0 bridgehead atoms. The van der Waals surface area contributed by atoms with Crippen LogP contribution in [0.4, 0.5) is 0 Å². The normalized spacial score (nSPS) is 11.7. The van der Waals surface area contributed by atoms with Gasteiger partial charge in [0.2, 0.25) is 5.78 Å². The first-order valence-corrected chi connectivity index (χ1v) is 13.5. The summed E-state index contributed by atoms with van der Waals surface area (Å²) >= 11 is 0. The fourth-order valence-electron chi connectivity index (χ4n) is 5.87. The van der Waals surface area contributed by atoms with Crippen LogP contribution in [0.2, 0.25) is 0 Å². The molecule has 4 aromatic carbocycles. The first-order chi connectivity index (χ1) is 19.6. The van der Waals surface area contributed by atoms with E-state index in [1.807, 2.05) is 6.07 Å². The zero-order chi connectivity index (χ0) is 27.2. The second kappa shape index (κ2) is 9.62. The summed E-state index contributed by atoms with van der Waals surface area (Å²) in [7, 11) is 1.61. The Labute approximate surface area is 231 Å². The Morgan fingerprint density at radius 3 is 2.05 bits per heavy atom. The van der Waals surface area contributed by atoms with E-state index in [-0.39, 0.29) is 11.7 Å². The molecule has 0 amide bonds. The summed E-state index contributed by atoms with van der Waals surface area (Å²) in [6.45, 7) is 2.12. The lowest BCUT2D eigenvalue weighted by molar-refractivity contribution is 0.101. The minimum Gasteiger partial charge on any atom is -0.497 e. The number of H-pyrrole nitrogens is 2. The number of furan rings is 1. The van der Waals surface area contributed by atoms with Gasteiger partial charge in [0, 0.05) is 51.1 Å². The van der Waals surface area contributed by atoms with E-state index < -0.39 is 0 Å². The summed E-state index contributed by atoms with van der Waals surface area (Å²) in [4.78, 5) is 20.3. The summed E-state index contributed by atoms with van der Waals surface area (Å²) in [5.74, 6) is 0.868. The average molecular weight is 525 g/mol. The number of methoxy groups -OCH3 is 1. The van der Waals surface area contributed by atoms with Crippen molar-refractivity contribution in [2.75, 3.05) is 7.11 Å². The number of carbonyl (C=O) groups excluding carboxylic acids is 1. The maximum Gasteiger partial charge on any atom is 0.228 e. The van der Waals surface area contributed by atoms with Crippen LogP contribution in [0.3, 0.4) is 0 Å². The van der Waals surface area contributed by atoms with Gasteiger partial charge in [-0.3, -0.25) is 4.79 Å². The van der Waals surface area contributed by atoms with Crippen LogP contribution >= 0.6 is 0 Å². The third-order valence-electron chi connectivity index (χ3n) is 7.87. The highest BCUT2D eigenvalue weighted by atomic mass is 16.5. The van der Waals surface area contributed by atoms with Gasteiger partial charge in [-0.2, -0.15) is 0 Å². The van der Waals surface area contributed by atoms with E-state index in [9.17, 15) is 4.79 Å². The van der Waals surface area contributed by atoms with Crippen LogP contribution in [0.15, 0.2) is 108 Å². The fourth-order valence-corrected chi connectivity index (χ4v) is 5.87. The molecule has 5 nitrogen and oxygen atoms in total. The monoisotopic (exact) mass is 524 g/mol. The van der Waals surface area contributed by atoms with Gasteiger partial charge in [0.15, 0.2) is 5.76 Å². The molecule has 196 valence electrons. The van der Waals surface area contributed by atoms with E-state index in [1.54, 1.807) is 31.4 Å². The largest absolute Gasteiger partial charge is 0.497 e. The fraction of sp³-hybridized carbons (Fsp3) is 0.114. The Balaban J connectivity index is 1.41. The maximum absolute atomic E-state index is 13.4. The van der Waals surface area contributed by atoms with Crippen LogP contribution in [-0.4, -0.2) is 22.9 Å². The lowest BCUT2D eigenvalue weighted by Crippen LogP contribution is -2.03. The molecule has 0 aliphatic rings. The third-order valence-corrected chi connectivity index (χ3v) is 7.87. The molecule has 2 N–H and O–H groups in total. The summed E-state index contributed by atoms with van der Waals surface area (Å²) in [6.07, 6.45) is 5.03. The molecule has 0 fully saturated rings. The van der Waals surface area contributed by atoms with Gasteiger partial charge < -0.3 is 19.1 Å². The van der Waals surface area contributed by atoms with Gasteiger partial charge in [0.25, 0.3) is 0 Å². The average Bonchev–Trinajstić information content (AvgIpc) is 3.74. The van der Waals surface area contributed by atoms with Crippen molar-refractivity contribution >= 4 is 38.6 Å². The number of para-hydroxylation sites is 2. The van der Waals surface area contributed by atoms with Crippen molar-refractivity contribution in [2.24, 2.45) is 0 Å². The van der Waals surface area contributed by atoms with Crippen LogP contribution < -0.4 is 4.74 Å². The first kappa shape index (κ1) is 24.0. The topological polar surface area (TPSA) is 71.0 Å². The predicted molar refractivity (Wildman–Crippen MR) is 160 cm³/mol. The number of rotatable bonds is 7. The van der Waals surface area contributed by atoms with Gasteiger partial charge in [0.05, 0.1) is 7.11 Å². The second-order valence-electron chi connectivity index (χ2n) is 10.1. The summed E-state index contributed by atoms with van der Waals surface area (Å²) in [6, 6.07) is 30.3. The Hall–Kier alpha value is -5.03. The number of aryl methyl sites for hydroxylation is 1. The summed E-state index contributed by atoms with van der Waals surface area (Å²) in [5.41, 5.74) is 8.19. The molecular weight excluding hydrogens is 496 g/mol. The number of hydrogen-bond donors (Lipinski definition) is 2. The van der Waals surface area contributed by atoms with Gasteiger partial charge in [-0.25, -0.2) is 0 Å². The quantitative estimate of drug-likeness (QED) is 0.206. The lowest BCUT2D eigenvalue weighted by Gasteiger charge is -2.19. The van der Waals surface area contributed by atoms with Crippen molar-refractivity contribution in [3.8, 4) is 5.75 Å². The van der Waals surface area contributed by atoms with Crippen molar-refractivity contribution in [1.82, 2.24) is 9.97 Å². The first-order valence-electron chi connectivity index (χ1n) is 13.5. The van der Waals surface area contributed by atoms with E-state index in [0.29, 0.717) is 17.1 Å². The molecule has 0 saturated carbocycles. The number of fused-ring (bicyclic) bond motifs is 3. The number of ketones is 1. The molecule has 0 atom stereocenters. The SMILES string of the molecule is CCc1cc(C(c2c[nH]c3ccccc23)c2c[nH]c3ccccc23)cc2cc(C(=O)c3ccc(OC)cc3)oc12. The minimum atomic E-state index is -0.146. The van der Waals surface area contributed by atoms with Crippen molar-refractivity contribution in [3.05, 3.63) is 137 Å². The van der Waals surface area contributed by atoms with Gasteiger partial charge in [0.1, 0.15) is 11.3 Å². The van der Waals surface area contributed by atoms with E-state index in [1.165, 1.54) is 21.9 Å². The van der Waals surface area contributed by atoms with Gasteiger partial charge in [-0.15, -0.1) is 0 Å². The third kappa shape index (κ3) is 3.90. The number of ether oxygens (including phenoxy) is 1. The standard InChI is InChI=1S/C35H28N2O3/c1-3-21-16-23(17-24-18-32(40-35(21)24)34(38)22-12-14-25(39-2)15-13-22)33(28-19-36-30-10-6-4-8-26(28)30)29-20-37-31-11-7-5-9-27(29)31/h4-20,33,36-37H,3H2,1-2H3. The molecule has 0 radical (unpaired) electrons. The predicted octanol–water partition coefficient (Wildman–Crippen LogP) is 8.38. The molecule has 40 heavy (non-hydrogen) atoms. The highest BCUT2D eigenvalue weighted by Crippen LogP contribution is 2.41. The maximum atomic E-state index is 13.4. The summed E-state index contributed by atoms with van der Waals surface area (Å²) < 4.78 is 11.5. The summed E-state index contributed by atoms with van der Waals surface area (Å²) in [5, 5.41) is 3.31. The number of carbonyl (C=O) groups is 1. The lowest BCUT2D eigenvalue weighted by atomic mass is 9.83. The molecular formula is C35H28N2O3. The Bertz CT molecular complexity index is 1930. The molecule has 0 aliphatic heterocycles. The molecule has 3 aromatic heterocycles. The molecule has 5 heteroatoms. The molecule has 7 rings (SSSR count).